The standard InChI is InChI=1S/C19H31NO/c1-4-6-9-16(5-2)14-21-19-15(3)8-7-10-17(19)13-20-18-11-12-18/h7-8,10,16,18,20H,4-6,9,11-14H2,1-3H3. The number of benzene rings is 1. The van der Waals surface area contributed by atoms with E-state index in [-0.39, 0.29) is 0 Å². The monoisotopic (exact) mass is 289 g/mol. The van der Waals surface area contributed by atoms with Gasteiger partial charge in [-0.2, -0.15) is 0 Å². The third-order valence-electron chi connectivity index (χ3n) is 4.46. The summed E-state index contributed by atoms with van der Waals surface area (Å²) in [4.78, 5) is 0. The quantitative estimate of drug-likeness (QED) is 0.665. The molecule has 0 spiro atoms. The van der Waals surface area contributed by atoms with Crippen molar-refractivity contribution < 1.29 is 4.74 Å². The lowest BCUT2D eigenvalue weighted by atomic mass is 10.0. The van der Waals surface area contributed by atoms with Gasteiger partial charge in [0.05, 0.1) is 6.61 Å². The predicted octanol–water partition coefficient (Wildman–Crippen LogP) is 4.84. The Morgan fingerprint density at radius 1 is 1.29 bits per heavy atom. The van der Waals surface area contributed by atoms with Crippen molar-refractivity contribution in [1.29, 1.82) is 0 Å². The first-order chi connectivity index (χ1) is 10.2. The van der Waals surface area contributed by atoms with E-state index in [4.69, 9.17) is 4.74 Å². The summed E-state index contributed by atoms with van der Waals surface area (Å²) in [5, 5.41) is 3.60. The van der Waals surface area contributed by atoms with Crippen LogP contribution in [0.1, 0.15) is 63.5 Å². The Morgan fingerprint density at radius 2 is 2.10 bits per heavy atom. The number of nitrogens with one attached hydrogen (secondary N) is 1. The molecular formula is C19H31NO. The Bertz CT molecular complexity index is 426. The molecule has 21 heavy (non-hydrogen) atoms. The summed E-state index contributed by atoms with van der Waals surface area (Å²) < 4.78 is 6.23. The number of hydrogen-bond acceptors (Lipinski definition) is 2. The van der Waals surface area contributed by atoms with E-state index in [9.17, 15) is 0 Å². The summed E-state index contributed by atoms with van der Waals surface area (Å²) in [5.41, 5.74) is 2.57. The molecular weight excluding hydrogens is 258 g/mol. The van der Waals surface area contributed by atoms with Gasteiger partial charge >= 0.3 is 0 Å². The number of hydrogen-bond donors (Lipinski definition) is 1. The van der Waals surface area contributed by atoms with Gasteiger partial charge in [-0.05, 0) is 37.7 Å². The topological polar surface area (TPSA) is 21.3 Å². The van der Waals surface area contributed by atoms with Crippen LogP contribution >= 0.6 is 0 Å². The lowest BCUT2D eigenvalue weighted by Crippen LogP contribution is -2.18. The maximum Gasteiger partial charge on any atom is 0.126 e. The van der Waals surface area contributed by atoms with Crippen LogP contribution in [-0.4, -0.2) is 12.6 Å². The first-order valence-corrected chi connectivity index (χ1v) is 8.69. The van der Waals surface area contributed by atoms with E-state index in [1.165, 1.54) is 49.7 Å². The van der Waals surface area contributed by atoms with Crippen molar-refractivity contribution in [1.82, 2.24) is 5.32 Å². The fraction of sp³-hybridized carbons (Fsp3) is 0.684. The lowest BCUT2D eigenvalue weighted by Gasteiger charge is -2.19. The van der Waals surface area contributed by atoms with Crippen LogP contribution in [-0.2, 0) is 6.54 Å². The summed E-state index contributed by atoms with van der Waals surface area (Å²) in [6, 6.07) is 7.24. The van der Waals surface area contributed by atoms with Crippen molar-refractivity contribution in [3.8, 4) is 5.75 Å². The van der Waals surface area contributed by atoms with Gasteiger partial charge in [-0.25, -0.2) is 0 Å². The molecule has 0 radical (unpaired) electrons. The summed E-state index contributed by atoms with van der Waals surface area (Å²) in [5.74, 6) is 1.80. The second-order valence-electron chi connectivity index (χ2n) is 6.45. The van der Waals surface area contributed by atoms with Crippen LogP contribution in [0, 0.1) is 12.8 Å². The highest BCUT2D eigenvalue weighted by Crippen LogP contribution is 2.27. The van der Waals surface area contributed by atoms with E-state index in [2.05, 4.69) is 44.3 Å². The third kappa shape index (κ3) is 5.35. The highest BCUT2D eigenvalue weighted by molar-refractivity contribution is 5.40. The number of aryl methyl sites for hydroxylation is 1. The summed E-state index contributed by atoms with van der Waals surface area (Å²) in [6.07, 6.45) is 7.74. The van der Waals surface area contributed by atoms with Crippen molar-refractivity contribution in [3.63, 3.8) is 0 Å². The number of para-hydroxylation sites is 1. The molecule has 118 valence electrons. The molecule has 0 heterocycles. The summed E-state index contributed by atoms with van der Waals surface area (Å²) in [7, 11) is 0. The van der Waals surface area contributed by atoms with Crippen molar-refractivity contribution in [3.05, 3.63) is 29.3 Å². The zero-order valence-corrected chi connectivity index (χ0v) is 14.0. The van der Waals surface area contributed by atoms with Gasteiger partial charge in [0.15, 0.2) is 0 Å². The SMILES string of the molecule is CCCCC(CC)COc1c(C)cccc1CNC1CC1. The van der Waals surface area contributed by atoms with Crippen molar-refractivity contribution in [2.45, 2.75) is 71.9 Å². The zero-order chi connectivity index (χ0) is 15.1. The molecule has 0 bridgehead atoms. The molecule has 1 aromatic carbocycles. The van der Waals surface area contributed by atoms with Gasteiger partial charge in [-0.15, -0.1) is 0 Å². The Kier molecular flexibility index (Phi) is 6.56. The van der Waals surface area contributed by atoms with Crippen LogP contribution in [0.2, 0.25) is 0 Å². The molecule has 1 saturated carbocycles. The minimum absolute atomic E-state index is 0.689. The van der Waals surface area contributed by atoms with Crippen molar-refractivity contribution in [2.75, 3.05) is 6.61 Å². The minimum atomic E-state index is 0.689. The smallest absolute Gasteiger partial charge is 0.126 e. The second-order valence-corrected chi connectivity index (χ2v) is 6.45. The Hall–Kier alpha value is -1.02. The van der Waals surface area contributed by atoms with E-state index in [1.54, 1.807) is 0 Å². The van der Waals surface area contributed by atoms with Gasteiger partial charge in [0.1, 0.15) is 5.75 Å². The molecule has 0 aromatic heterocycles. The van der Waals surface area contributed by atoms with E-state index in [1.807, 2.05) is 0 Å². The van der Waals surface area contributed by atoms with Crippen LogP contribution in [0.4, 0.5) is 0 Å². The number of ether oxygens (including phenoxy) is 1. The summed E-state index contributed by atoms with van der Waals surface area (Å²) in [6.45, 7) is 8.49. The van der Waals surface area contributed by atoms with Crippen LogP contribution in [0.25, 0.3) is 0 Å². The molecule has 2 rings (SSSR count). The zero-order valence-electron chi connectivity index (χ0n) is 14.0. The van der Waals surface area contributed by atoms with E-state index >= 15 is 0 Å². The first kappa shape index (κ1) is 16.4. The molecule has 0 saturated heterocycles. The van der Waals surface area contributed by atoms with Crippen molar-refractivity contribution in [2.24, 2.45) is 5.92 Å². The predicted molar refractivity (Wildman–Crippen MR) is 89.8 cm³/mol. The van der Waals surface area contributed by atoms with Crippen molar-refractivity contribution >= 4 is 0 Å². The fourth-order valence-electron chi connectivity index (χ4n) is 2.70. The highest BCUT2D eigenvalue weighted by atomic mass is 16.5. The van der Waals surface area contributed by atoms with Gasteiger partial charge in [0.2, 0.25) is 0 Å². The molecule has 1 N–H and O–H groups in total. The molecule has 1 fully saturated rings. The van der Waals surface area contributed by atoms with E-state index in [0.717, 1.165) is 24.9 Å². The summed E-state index contributed by atoms with van der Waals surface area (Å²) >= 11 is 0. The van der Waals surface area contributed by atoms with Gasteiger partial charge in [-0.3, -0.25) is 0 Å². The molecule has 2 heteroatoms. The average molecular weight is 289 g/mol. The highest BCUT2D eigenvalue weighted by Gasteiger charge is 2.21. The molecule has 1 atom stereocenters. The van der Waals surface area contributed by atoms with Gasteiger partial charge < -0.3 is 10.1 Å². The molecule has 0 amide bonds. The molecule has 0 aliphatic heterocycles. The molecule has 1 aromatic rings. The first-order valence-electron chi connectivity index (χ1n) is 8.69. The fourth-order valence-corrected chi connectivity index (χ4v) is 2.70. The van der Waals surface area contributed by atoms with Crippen LogP contribution in [0.5, 0.6) is 5.75 Å². The van der Waals surface area contributed by atoms with Crippen LogP contribution in [0.15, 0.2) is 18.2 Å². The van der Waals surface area contributed by atoms with Gasteiger partial charge in [0, 0.05) is 18.2 Å². The minimum Gasteiger partial charge on any atom is -0.493 e. The largest absolute Gasteiger partial charge is 0.493 e. The molecule has 1 aliphatic carbocycles. The van der Waals surface area contributed by atoms with E-state index in [0.29, 0.717) is 5.92 Å². The maximum absolute atomic E-state index is 6.23. The maximum atomic E-state index is 6.23. The number of unbranched alkanes of at least 4 members (excludes halogenated alkanes) is 1. The van der Waals surface area contributed by atoms with Crippen LogP contribution in [0.3, 0.4) is 0 Å². The number of rotatable bonds is 10. The lowest BCUT2D eigenvalue weighted by molar-refractivity contribution is 0.230. The van der Waals surface area contributed by atoms with Crippen LogP contribution < -0.4 is 10.1 Å². The Morgan fingerprint density at radius 3 is 2.76 bits per heavy atom. The molecule has 1 unspecified atom stereocenters. The molecule has 2 nitrogen and oxygen atoms in total. The third-order valence-corrected chi connectivity index (χ3v) is 4.46. The Labute approximate surface area is 130 Å². The molecule has 1 aliphatic rings. The second kappa shape index (κ2) is 8.43. The van der Waals surface area contributed by atoms with Gasteiger partial charge in [0.25, 0.3) is 0 Å². The van der Waals surface area contributed by atoms with E-state index < -0.39 is 0 Å². The van der Waals surface area contributed by atoms with Gasteiger partial charge in [-0.1, -0.05) is 51.3 Å². The normalized spacial score (nSPS) is 16.0. The average Bonchev–Trinajstić information content (AvgIpc) is 3.31. The Balaban J connectivity index is 1.93.